The fraction of sp³-hybridized carbons (Fsp3) is 0.429. The highest BCUT2D eigenvalue weighted by Gasteiger charge is 2.29. The summed E-state index contributed by atoms with van der Waals surface area (Å²) in [5.74, 6) is 1.71. The number of benzene rings is 2. The standard InChI is InChI=1S/C28H34N2O5/c1-28(2,3)35-27(32)29(4)17-20-8-7-15-30(18-20)26(31)25-14-13-24(34-25)19-33-23-12-11-21-9-5-6-10-22(21)16-23/h5-6,9-14,16,20H,7-8,15,17-19H2,1-4H3. The minimum atomic E-state index is -0.533. The molecule has 3 aromatic rings. The van der Waals surface area contributed by atoms with Crippen LogP contribution in [-0.2, 0) is 11.3 Å². The molecule has 2 aromatic carbocycles. The molecule has 2 heterocycles. The number of nitrogens with zero attached hydrogens (tertiary/aromatic N) is 2. The van der Waals surface area contributed by atoms with Crippen LogP contribution in [0.3, 0.4) is 0 Å². The van der Waals surface area contributed by atoms with Crippen molar-refractivity contribution >= 4 is 22.8 Å². The smallest absolute Gasteiger partial charge is 0.410 e. The molecule has 4 rings (SSSR count). The van der Waals surface area contributed by atoms with E-state index in [1.54, 1.807) is 24.1 Å². The van der Waals surface area contributed by atoms with Crippen molar-refractivity contribution in [3.05, 3.63) is 66.1 Å². The second kappa shape index (κ2) is 10.4. The molecule has 1 fully saturated rings. The van der Waals surface area contributed by atoms with Crippen molar-refractivity contribution in [1.29, 1.82) is 0 Å². The number of hydrogen-bond donors (Lipinski definition) is 0. The topological polar surface area (TPSA) is 72.2 Å². The molecular formula is C28H34N2O5. The highest BCUT2D eigenvalue weighted by Crippen LogP contribution is 2.23. The number of rotatable bonds is 6. The van der Waals surface area contributed by atoms with Crippen molar-refractivity contribution in [3.8, 4) is 5.75 Å². The van der Waals surface area contributed by atoms with Gasteiger partial charge in [0.05, 0.1) is 0 Å². The van der Waals surface area contributed by atoms with Gasteiger partial charge < -0.3 is 23.7 Å². The number of ether oxygens (including phenoxy) is 2. The van der Waals surface area contributed by atoms with Gasteiger partial charge in [-0.25, -0.2) is 4.79 Å². The van der Waals surface area contributed by atoms with Gasteiger partial charge in [-0.3, -0.25) is 4.79 Å². The first-order chi connectivity index (χ1) is 16.7. The molecule has 0 bridgehead atoms. The summed E-state index contributed by atoms with van der Waals surface area (Å²) in [6.45, 7) is 7.60. The fourth-order valence-corrected chi connectivity index (χ4v) is 4.34. The average Bonchev–Trinajstić information content (AvgIpc) is 3.30. The largest absolute Gasteiger partial charge is 0.486 e. The Morgan fingerprint density at radius 1 is 1.09 bits per heavy atom. The summed E-state index contributed by atoms with van der Waals surface area (Å²) >= 11 is 0. The third-order valence-corrected chi connectivity index (χ3v) is 6.02. The lowest BCUT2D eigenvalue weighted by atomic mass is 9.97. The third-order valence-electron chi connectivity index (χ3n) is 6.02. The maximum Gasteiger partial charge on any atom is 0.410 e. The molecule has 0 spiro atoms. The molecule has 2 amide bonds. The predicted octanol–water partition coefficient (Wildman–Crippen LogP) is 5.73. The van der Waals surface area contributed by atoms with Gasteiger partial charge in [-0.15, -0.1) is 0 Å². The Balaban J connectivity index is 1.31. The van der Waals surface area contributed by atoms with Crippen LogP contribution in [0.1, 0.15) is 49.9 Å². The van der Waals surface area contributed by atoms with Gasteiger partial charge in [0, 0.05) is 26.7 Å². The molecule has 0 aliphatic carbocycles. The van der Waals surface area contributed by atoms with Crippen molar-refractivity contribution in [2.24, 2.45) is 5.92 Å². The van der Waals surface area contributed by atoms with Crippen LogP contribution >= 0.6 is 0 Å². The van der Waals surface area contributed by atoms with E-state index < -0.39 is 5.60 Å². The lowest BCUT2D eigenvalue weighted by Crippen LogP contribution is -2.44. The van der Waals surface area contributed by atoms with Crippen LogP contribution in [0.5, 0.6) is 5.75 Å². The highest BCUT2D eigenvalue weighted by atomic mass is 16.6. The summed E-state index contributed by atoms with van der Waals surface area (Å²) in [4.78, 5) is 28.8. The predicted molar refractivity (Wildman–Crippen MR) is 134 cm³/mol. The number of amides is 2. The second-order valence-corrected chi connectivity index (χ2v) is 10.2. The van der Waals surface area contributed by atoms with Gasteiger partial charge in [-0.1, -0.05) is 30.3 Å². The van der Waals surface area contributed by atoms with Gasteiger partial charge in [0.1, 0.15) is 23.7 Å². The quantitative estimate of drug-likeness (QED) is 0.452. The lowest BCUT2D eigenvalue weighted by Gasteiger charge is -2.34. The molecule has 186 valence electrons. The first kappa shape index (κ1) is 24.6. The molecule has 0 N–H and O–H groups in total. The molecule has 1 atom stereocenters. The molecule has 7 nitrogen and oxygen atoms in total. The normalized spacial score (nSPS) is 16.2. The Morgan fingerprint density at radius 2 is 1.86 bits per heavy atom. The van der Waals surface area contributed by atoms with E-state index in [-0.39, 0.29) is 24.5 Å². The Morgan fingerprint density at radius 3 is 2.63 bits per heavy atom. The zero-order valence-electron chi connectivity index (χ0n) is 21.0. The number of fused-ring (bicyclic) bond motifs is 1. The highest BCUT2D eigenvalue weighted by molar-refractivity contribution is 5.91. The molecule has 1 aliphatic rings. The number of piperidine rings is 1. The molecule has 7 heteroatoms. The third kappa shape index (κ3) is 6.56. The number of likely N-dealkylation sites (tertiary alicyclic amines) is 1. The summed E-state index contributed by atoms with van der Waals surface area (Å²) < 4.78 is 17.1. The van der Waals surface area contributed by atoms with E-state index in [2.05, 4.69) is 6.07 Å². The molecule has 0 saturated carbocycles. The molecule has 1 unspecified atom stereocenters. The lowest BCUT2D eigenvalue weighted by molar-refractivity contribution is 0.0242. The second-order valence-electron chi connectivity index (χ2n) is 10.2. The Hall–Kier alpha value is -3.48. The van der Waals surface area contributed by atoms with Crippen LogP contribution in [-0.4, -0.2) is 54.1 Å². The van der Waals surface area contributed by atoms with E-state index in [4.69, 9.17) is 13.9 Å². The van der Waals surface area contributed by atoms with E-state index in [0.29, 0.717) is 31.2 Å². The monoisotopic (exact) mass is 478 g/mol. The van der Waals surface area contributed by atoms with E-state index >= 15 is 0 Å². The first-order valence-electron chi connectivity index (χ1n) is 12.1. The van der Waals surface area contributed by atoms with Crippen LogP contribution in [0.2, 0.25) is 0 Å². The number of carbonyl (C=O) groups is 2. The molecule has 1 saturated heterocycles. The summed E-state index contributed by atoms with van der Waals surface area (Å²) in [6, 6.07) is 17.5. The van der Waals surface area contributed by atoms with E-state index in [0.717, 1.165) is 29.4 Å². The number of furan rings is 1. The van der Waals surface area contributed by atoms with Crippen LogP contribution in [0.25, 0.3) is 10.8 Å². The average molecular weight is 479 g/mol. The number of hydrogen-bond acceptors (Lipinski definition) is 5. The fourth-order valence-electron chi connectivity index (χ4n) is 4.34. The Kier molecular flexibility index (Phi) is 7.34. The first-order valence-corrected chi connectivity index (χ1v) is 12.1. The summed E-state index contributed by atoms with van der Waals surface area (Å²) in [6.07, 6.45) is 1.50. The summed E-state index contributed by atoms with van der Waals surface area (Å²) in [5.41, 5.74) is -0.533. The minimum absolute atomic E-state index is 0.133. The van der Waals surface area contributed by atoms with Gasteiger partial charge in [0.15, 0.2) is 5.76 Å². The van der Waals surface area contributed by atoms with Gasteiger partial charge in [-0.2, -0.15) is 0 Å². The maximum atomic E-state index is 13.1. The molecular weight excluding hydrogens is 444 g/mol. The molecule has 1 aliphatic heterocycles. The van der Waals surface area contributed by atoms with Crippen LogP contribution in [0.4, 0.5) is 4.79 Å². The van der Waals surface area contributed by atoms with Crippen LogP contribution in [0.15, 0.2) is 59.0 Å². The maximum absolute atomic E-state index is 13.1. The van der Waals surface area contributed by atoms with E-state index in [1.165, 1.54) is 0 Å². The molecule has 1 aromatic heterocycles. The van der Waals surface area contributed by atoms with Crippen LogP contribution < -0.4 is 4.74 Å². The van der Waals surface area contributed by atoms with E-state index in [9.17, 15) is 9.59 Å². The number of carbonyl (C=O) groups excluding carboxylic acids is 2. The molecule has 35 heavy (non-hydrogen) atoms. The zero-order chi connectivity index (χ0) is 25.0. The Labute approximate surface area is 206 Å². The summed E-state index contributed by atoms with van der Waals surface area (Å²) in [5, 5.41) is 2.26. The molecule has 0 radical (unpaired) electrons. The van der Waals surface area contributed by atoms with Crippen molar-refractivity contribution in [2.45, 2.75) is 45.8 Å². The Bertz CT molecular complexity index is 1180. The zero-order valence-corrected chi connectivity index (χ0v) is 21.0. The van der Waals surface area contributed by atoms with Gasteiger partial charge in [-0.05, 0) is 74.6 Å². The minimum Gasteiger partial charge on any atom is -0.486 e. The van der Waals surface area contributed by atoms with Crippen LogP contribution in [0, 0.1) is 5.92 Å². The SMILES string of the molecule is CN(CC1CCCN(C(=O)c2ccc(COc3ccc4ccccc4c3)o2)C1)C(=O)OC(C)(C)C. The van der Waals surface area contributed by atoms with Crippen molar-refractivity contribution in [1.82, 2.24) is 9.80 Å². The summed E-state index contributed by atoms with van der Waals surface area (Å²) in [7, 11) is 1.74. The van der Waals surface area contributed by atoms with E-state index in [1.807, 2.05) is 62.1 Å². The van der Waals surface area contributed by atoms with Crippen molar-refractivity contribution < 1.29 is 23.5 Å². The van der Waals surface area contributed by atoms with Crippen molar-refractivity contribution in [3.63, 3.8) is 0 Å². The van der Waals surface area contributed by atoms with Gasteiger partial charge in [0.2, 0.25) is 0 Å². The van der Waals surface area contributed by atoms with Crippen molar-refractivity contribution in [2.75, 3.05) is 26.7 Å². The van der Waals surface area contributed by atoms with Gasteiger partial charge >= 0.3 is 6.09 Å². The van der Waals surface area contributed by atoms with Gasteiger partial charge in [0.25, 0.3) is 5.91 Å².